The lowest BCUT2D eigenvalue weighted by atomic mass is 9.69. The molecule has 0 radical (unpaired) electrons. The molecule has 172 valence electrons. The second kappa shape index (κ2) is 9.06. The van der Waals surface area contributed by atoms with E-state index in [4.69, 9.17) is 4.74 Å². The van der Waals surface area contributed by atoms with Crippen LogP contribution in [0, 0.1) is 11.8 Å². The summed E-state index contributed by atoms with van der Waals surface area (Å²) in [5.41, 5.74) is 1.01. The summed E-state index contributed by atoms with van der Waals surface area (Å²) < 4.78 is 6.66. The van der Waals surface area contributed by atoms with Crippen molar-refractivity contribution in [1.29, 1.82) is 0 Å². The molecule has 1 N–H and O–H groups in total. The topological polar surface area (TPSA) is 77.4 Å². The van der Waals surface area contributed by atoms with Crippen LogP contribution in [0.5, 0.6) is 0 Å². The Labute approximate surface area is 196 Å². The number of carbonyl (C=O) groups is 2. The van der Waals surface area contributed by atoms with Gasteiger partial charge < -0.3 is 10.1 Å². The molecule has 2 aliphatic rings. The highest BCUT2D eigenvalue weighted by Gasteiger charge is 2.47. The predicted molar refractivity (Wildman–Crippen MR) is 129 cm³/mol. The zero-order valence-electron chi connectivity index (χ0n) is 19.0. The Morgan fingerprint density at radius 2 is 1.94 bits per heavy atom. The average molecular weight is 475 g/mol. The first-order valence-corrected chi connectivity index (χ1v) is 12.8. The van der Waals surface area contributed by atoms with E-state index in [1.54, 1.807) is 47.5 Å². The fourth-order valence-corrected chi connectivity index (χ4v) is 7.77. The van der Waals surface area contributed by atoms with Crippen LogP contribution in [-0.4, -0.2) is 27.8 Å². The third kappa shape index (κ3) is 4.53. The fourth-order valence-electron chi connectivity index (χ4n) is 4.96. The largest absolute Gasteiger partial charge is 0.462 e. The van der Waals surface area contributed by atoms with Gasteiger partial charge in [-0.25, -0.2) is 4.79 Å². The number of fused-ring (bicyclic) bond motifs is 3. The molecular weight excluding hydrogens is 444 g/mol. The number of hydrogen-bond acceptors (Lipinski definition) is 6. The van der Waals surface area contributed by atoms with Crippen LogP contribution < -0.4 is 10.2 Å². The Bertz CT molecular complexity index is 1070. The number of aromatic nitrogens is 1. The standard InChI is InChI=1S/C24H30N2O4S2/c1-5-30-22(28)15-7-9-16(10-8-15)25-19(27)13-26-21-20(31-23(26)29)17-12-14(2)6-11-18(17)24(3,4)32-21/h7-10,14,17-18H,5-6,11-13H2,1-4H3,(H,25,27)/t14-,17+,18+/m1/s1. The third-order valence-corrected chi connectivity index (χ3v) is 9.26. The molecule has 4 rings (SSSR count). The molecule has 32 heavy (non-hydrogen) atoms. The number of amides is 1. The molecule has 0 spiro atoms. The molecule has 2 aromatic rings. The monoisotopic (exact) mass is 474 g/mol. The minimum absolute atomic E-state index is 0.0136. The van der Waals surface area contributed by atoms with Crippen molar-refractivity contribution < 1.29 is 14.3 Å². The summed E-state index contributed by atoms with van der Waals surface area (Å²) in [4.78, 5) is 38.5. The summed E-state index contributed by atoms with van der Waals surface area (Å²) >= 11 is 3.07. The molecular formula is C24H30N2O4S2. The van der Waals surface area contributed by atoms with Gasteiger partial charge in [-0.15, -0.1) is 11.8 Å². The number of esters is 1. The molecule has 1 aliphatic heterocycles. The number of anilines is 1. The number of benzene rings is 1. The molecule has 0 unspecified atom stereocenters. The highest BCUT2D eigenvalue weighted by molar-refractivity contribution is 8.00. The maximum Gasteiger partial charge on any atom is 0.338 e. The SMILES string of the molecule is CCOC(=O)c1ccc(NC(=O)Cn2c3c(sc2=O)[C@H]2C[C@H](C)CC[C@@H]2C(C)(C)S3)cc1. The third-order valence-electron chi connectivity index (χ3n) is 6.56. The second-order valence-electron chi connectivity index (χ2n) is 9.31. The lowest BCUT2D eigenvalue weighted by molar-refractivity contribution is -0.116. The van der Waals surface area contributed by atoms with Crippen LogP contribution in [0.25, 0.3) is 0 Å². The van der Waals surface area contributed by atoms with E-state index in [1.165, 1.54) is 29.1 Å². The van der Waals surface area contributed by atoms with E-state index in [2.05, 4.69) is 26.1 Å². The molecule has 0 saturated heterocycles. The number of nitrogens with one attached hydrogen (secondary N) is 1. The molecule has 2 heterocycles. The first-order chi connectivity index (χ1) is 15.2. The number of thiazole rings is 1. The van der Waals surface area contributed by atoms with E-state index in [9.17, 15) is 14.4 Å². The Kier molecular flexibility index (Phi) is 6.54. The maximum absolute atomic E-state index is 12.9. The van der Waals surface area contributed by atoms with E-state index in [-0.39, 0.29) is 22.1 Å². The van der Waals surface area contributed by atoms with Crippen molar-refractivity contribution >= 4 is 40.7 Å². The molecule has 0 bridgehead atoms. The Morgan fingerprint density at radius 1 is 1.22 bits per heavy atom. The number of nitrogens with zero attached hydrogens (tertiary/aromatic N) is 1. The Hall–Kier alpha value is -2.06. The van der Waals surface area contributed by atoms with Crippen molar-refractivity contribution in [3.05, 3.63) is 44.4 Å². The molecule has 1 fully saturated rings. The molecule has 8 heteroatoms. The van der Waals surface area contributed by atoms with Gasteiger partial charge in [0, 0.05) is 21.2 Å². The summed E-state index contributed by atoms with van der Waals surface area (Å²) in [7, 11) is 0. The van der Waals surface area contributed by atoms with Crippen LogP contribution in [0.15, 0.2) is 34.1 Å². The zero-order chi connectivity index (χ0) is 23.0. The molecule has 1 saturated carbocycles. The van der Waals surface area contributed by atoms with Crippen molar-refractivity contribution in [3.8, 4) is 0 Å². The van der Waals surface area contributed by atoms with Gasteiger partial charge in [0.2, 0.25) is 5.91 Å². The predicted octanol–water partition coefficient (Wildman–Crippen LogP) is 5.13. The molecule has 1 amide bonds. The van der Waals surface area contributed by atoms with Crippen molar-refractivity contribution in [2.75, 3.05) is 11.9 Å². The van der Waals surface area contributed by atoms with E-state index in [0.29, 0.717) is 35.6 Å². The van der Waals surface area contributed by atoms with Crippen LogP contribution in [0.2, 0.25) is 0 Å². The summed E-state index contributed by atoms with van der Waals surface area (Å²) in [6, 6.07) is 6.58. The zero-order valence-corrected chi connectivity index (χ0v) is 20.6. The molecule has 3 atom stereocenters. The van der Waals surface area contributed by atoms with Gasteiger partial charge in [0.1, 0.15) is 6.54 Å². The Balaban J connectivity index is 1.52. The van der Waals surface area contributed by atoms with Crippen molar-refractivity contribution in [2.45, 2.75) is 69.2 Å². The van der Waals surface area contributed by atoms with Crippen LogP contribution >= 0.6 is 23.1 Å². The fraction of sp³-hybridized carbons (Fsp3) is 0.542. The first-order valence-electron chi connectivity index (χ1n) is 11.2. The quantitative estimate of drug-likeness (QED) is 0.608. The summed E-state index contributed by atoms with van der Waals surface area (Å²) in [6.45, 7) is 8.89. The van der Waals surface area contributed by atoms with Gasteiger partial charge in [0.05, 0.1) is 17.2 Å². The lowest BCUT2D eigenvalue weighted by Gasteiger charge is -2.47. The van der Waals surface area contributed by atoms with E-state index in [1.807, 2.05) is 0 Å². The normalized spacial score (nSPS) is 23.7. The summed E-state index contributed by atoms with van der Waals surface area (Å²) in [6.07, 6.45) is 3.55. The average Bonchev–Trinajstić information content (AvgIpc) is 3.03. The van der Waals surface area contributed by atoms with Gasteiger partial charge in [-0.3, -0.25) is 14.2 Å². The number of carbonyl (C=O) groups excluding carboxylic acids is 2. The molecule has 1 aliphatic carbocycles. The van der Waals surface area contributed by atoms with Crippen LogP contribution in [0.3, 0.4) is 0 Å². The van der Waals surface area contributed by atoms with Gasteiger partial charge in [0.25, 0.3) is 0 Å². The smallest absolute Gasteiger partial charge is 0.338 e. The van der Waals surface area contributed by atoms with Crippen LogP contribution in [0.1, 0.15) is 68.1 Å². The van der Waals surface area contributed by atoms with Crippen molar-refractivity contribution in [3.63, 3.8) is 0 Å². The lowest BCUT2D eigenvalue weighted by Crippen LogP contribution is -2.39. The summed E-state index contributed by atoms with van der Waals surface area (Å²) in [5, 5.41) is 3.81. The van der Waals surface area contributed by atoms with Gasteiger partial charge >= 0.3 is 10.8 Å². The maximum atomic E-state index is 12.9. The van der Waals surface area contributed by atoms with Gasteiger partial charge in [-0.1, -0.05) is 38.5 Å². The van der Waals surface area contributed by atoms with Crippen LogP contribution in [0.4, 0.5) is 5.69 Å². The van der Waals surface area contributed by atoms with Crippen LogP contribution in [-0.2, 0) is 16.1 Å². The molecule has 1 aromatic carbocycles. The van der Waals surface area contributed by atoms with Gasteiger partial charge in [0.15, 0.2) is 0 Å². The van der Waals surface area contributed by atoms with Crippen molar-refractivity contribution in [1.82, 2.24) is 4.57 Å². The number of ether oxygens (including phenoxy) is 1. The Morgan fingerprint density at radius 3 is 2.62 bits per heavy atom. The van der Waals surface area contributed by atoms with E-state index in [0.717, 1.165) is 11.4 Å². The number of hydrogen-bond donors (Lipinski definition) is 1. The van der Waals surface area contributed by atoms with E-state index < -0.39 is 5.97 Å². The number of thioether (sulfide) groups is 1. The second-order valence-corrected chi connectivity index (χ2v) is 11.9. The summed E-state index contributed by atoms with van der Waals surface area (Å²) in [5.74, 6) is 0.984. The highest BCUT2D eigenvalue weighted by Crippen LogP contribution is 2.58. The highest BCUT2D eigenvalue weighted by atomic mass is 32.2. The van der Waals surface area contributed by atoms with Crippen molar-refractivity contribution in [2.24, 2.45) is 11.8 Å². The minimum atomic E-state index is -0.392. The number of rotatable bonds is 5. The first kappa shape index (κ1) is 23.1. The van der Waals surface area contributed by atoms with Gasteiger partial charge in [-0.2, -0.15) is 0 Å². The molecule has 6 nitrogen and oxygen atoms in total. The minimum Gasteiger partial charge on any atom is -0.462 e. The van der Waals surface area contributed by atoms with E-state index >= 15 is 0 Å². The van der Waals surface area contributed by atoms with Gasteiger partial charge in [-0.05, 0) is 55.9 Å². The molecule has 1 aromatic heterocycles.